The number of benzene rings is 1. The van der Waals surface area contributed by atoms with E-state index in [2.05, 4.69) is 43.6 Å². The van der Waals surface area contributed by atoms with Gasteiger partial charge in [-0.25, -0.2) is 0 Å². The molecule has 8 heteroatoms. The number of hydrogen-bond acceptors (Lipinski definition) is 6. The average molecular weight is 438 g/mol. The van der Waals surface area contributed by atoms with Gasteiger partial charge in [-0.3, -0.25) is 14.7 Å². The van der Waals surface area contributed by atoms with Crippen molar-refractivity contribution in [2.24, 2.45) is 0 Å². The van der Waals surface area contributed by atoms with Gasteiger partial charge in [0.15, 0.2) is 5.82 Å². The Morgan fingerprint density at radius 3 is 2.81 bits per heavy atom. The van der Waals surface area contributed by atoms with E-state index < -0.39 is 0 Å². The molecule has 0 aliphatic carbocycles. The second kappa shape index (κ2) is 10.3. The van der Waals surface area contributed by atoms with Gasteiger partial charge in [0.05, 0.1) is 0 Å². The number of halogens is 1. The van der Waals surface area contributed by atoms with Crippen molar-refractivity contribution in [2.45, 2.75) is 32.4 Å². The van der Waals surface area contributed by atoms with E-state index in [-0.39, 0.29) is 5.91 Å². The van der Waals surface area contributed by atoms with E-state index in [9.17, 15) is 4.79 Å². The van der Waals surface area contributed by atoms with Crippen LogP contribution >= 0.6 is 11.6 Å². The second-order valence-corrected chi connectivity index (χ2v) is 7.93. The number of aromatic nitrogens is 3. The fraction of sp³-hybridized carbons (Fsp3) is 0.304. The van der Waals surface area contributed by atoms with Crippen molar-refractivity contribution in [1.82, 2.24) is 25.3 Å². The first kappa shape index (κ1) is 21.2. The Morgan fingerprint density at radius 1 is 1.19 bits per heavy atom. The molecule has 0 atom stereocenters. The van der Waals surface area contributed by atoms with E-state index in [0.29, 0.717) is 31.1 Å². The van der Waals surface area contributed by atoms with E-state index in [1.165, 1.54) is 5.56 Å². The summed E-state index contributed by atoms with van der Waals surface area (Å²) in [6.45, 7) is 3.10. The zero-order chi connectivity index (χ0) is 21.5. The molecule has 1 aliphatic rings. The van der Waals surface area contributed by atoms with Crippen LogP contribution in [0.2, 0.25) is 5.02 Å². The predicted molar refractivity (Wildman–Crippen MR) is 118 cm³/mol. The fourth-order valence-electron chi connectivity index (χ4n) is 3.40. The summed E-state index contributed by atoms with van der Waals surface area (Å²) in [5, 5.41) is 7.73. The molecule has 160 valence electrons. The summed E-state index contributed by atoms with van der Waals surface area (Å²) in [7, 11) is 0. The molecule has 0 spiro atoms. The number of rotatable bonds is 8. The topological polar surface area (TPSA) is 84.2 Å². The average Bonchev–Trinajstić information content (AvgIpc) is 3.28. The lowest BCUT2D eigenvalue weighted by molar-refractivity contribution is -0.121. The Bertz CT molecular complexity index is 1030. The van der Waals surface area contributed by atoms with Gasteiger partial charge >= 0.3 is 0 Å². The van der Waals surface area contributed by atoms with Crippen molar-refractivity contribution in [3.63, 3.8) is 0 Å². The molecule has 4 rings (SSSR count). The highest BCUT2D eigenvalue weighted by molar-refractivity contribution is 6.30. The molecular weight excluding hydrogens is 414 g/mol. The van der Waals surface area contributed by atoms with Crippen molar-refractivity contribution in [3.05, 3.63) is 82.7 Å². The van der Waals surface area contributed by atoms with Crippen molar-refractivity contribution in [3.8, 4) is 0 Å². The Labute approximate surface area is 186 Å². The molecule has 1 aromatic carbocycles. The SMILES string of the molecule is O=C(CCc1nc(C2=CCN(Cc3ccc(Cl)cc3)CC2)no1)NCc1cccnc1. The highest BCUT2D eigenvalue weighted by atomic mass is 35.5. The summed E-state index contributed by atoms with van der Waals surface area (Å²) in [6.07, 6.45) is 7.17. The van der Waals surface area contributed by atoms with Crippen LogP contribution < -0.4 is 5.32 Å². The summed E-state index contributed by atoms with van der Waals surface area (Å²) in [6, 6.07) is 11.7. The maximum atomic E-state index is 12.1. The monoisotopic (exact) mass is 437 g/mol. The molecule has 2 aromatic heterocycles. The highest BCUT2D eigenvalue weighted by Crippen LogP contribution is 2.22. The van der Waals surface area contributed by atoms with Crippen molar-refractivity contribution in [1.29, 1.82) is 0 Å². The molecule has 1 aliphatic heterocycles. The Kier molecular flexibility index (Phi) is 7.07. The fourth-order valence-corrected chi connectivity index (χ4v) is 3.53. The lowest BCUT2D eigenvalue weighted by atomic mass is 10.1. The zero-order valence-electron chi connectivity index (χ0n) is 17.1. The van der Waals surface area contributed by atoms with Gasteiger partial charge in [-0.1, -0.05) is 41.0 Å². The van der Waals surface area contributed by atoms with Crippen LogP contribution in [0.15, 0.2) is 59.4 Å². The molecule has 0 unspecified atom stereocenters. The largest absolute Gasteiger partial charge is 0.352 e. The molecule has 7 nitrogen and oxygen atoms in total. The summed E-state index contributed by atoms with van der Waals surface area (Å²) >= 11 is 5.95. The standard InChI is InChI=1S/C23H24ClN5O2/c24-20-5-3-17(4-6-20)16-29-12-9-19(10-13-29)23-27-22(31-28-23)8-7-21(30)26-15-18-2-1-11-25-14-18/h1-6,9,11,14H,7-8,10,12-13,15-16H2,(H,26,30). The van der Waals surface area contributed by atoms with Gasteiger partial charge in [-0.15, -0.1) is 0 Å². The molecule has 0 radical (unpaired) electrons. The third kappa shape index (κ3) is 6.23. The van der Waals surface area contributed by atoms with Crippen LogP contribution in [0.5, 0.6) is 0 Å². The van der Waals surface area contributed by atoms with E-state index in [1.807, 2.05) is 24.3 Å². The summed E-state index contributed by atoms with van der Waals surface area (Å²) < 4.78 is 5.35. The van der Waals surface area contributed by atoms with Crippen LogP contribution in [-0.4, -0.2) is 39.0 Å². The van der Waals surface area contributed by atoms with Crippen LogP contribution in [0.1, 0.15) is 35.7 Å². The van der Waals surface area contributed by atoms with Gasteiger partial charge in [0.25, 0.3) is 0 Å². The minimum Gasteiger partial charge on any atom is -0.352 e. The number of nitrogens with zero attached hydrogens (tertiary/aromatic N) is 4. The van der Waals surface area contributed by atoms with Gasteiger partial charge < -0.3 is 9.84 Å². The number of carbonyl (C=O) groups is 1. The lowest BCUT2D eigenvalue weighted by Crippen LogP contribution is -2.28. The van der Waals surface area contributed by atoms with Gasteiger partial charge in [-0.05, 0) is 41.3 Å². The van der Waals surface area contributed by atoms with Gasteiger partial charge in [0.2, 0.25) is 11.8 Å². The zero-order valence-corrected chi connectivity index (χ0v) is 17.9. The molecule has 1 amide bonds. The van der Waals surface area contributed by atoms with Crippen molar-refractivity contribution < 1.29 is 9.32 Å². The maximum Gasteiger partial charge on any atom is 0.227 e. The van der Waals surface area contributed by atoms with Crippen LogP contribution in [0, 0.1) is 0 Å². The van der Waals surface area contributed by atoms with Crippen LogP contribution in [-0.2, 0) is 24.3 Å². The normalized spacial score (nSPS) is 14.3. The van der Waals surface area contributed by atoms with E-state index in [1.54, 1.807) is 12.4 Å². The van der Waals surface area contributed by atoms with Gasteiger partial charge in [0.1, 0.15) is 0 Å². The summed E-state index contributed by atoms with van der Waals surface area (Å²) in [5.41, 5.74) is 3.29. The molecular formula is C23H24ClN5O2. The molecule has 3 heterocycles. The number of amides is 1. The molecule has 3 aromatic rings. The summed E-state index contributed by atoms with van der Waals surface area (Å²) in [4.78, 5) is 22.9. The molecule has 0 bridgehead atoms. The van der Waals surface area contributed by atoms with Gasteiger partial charge in [-0.2, -0.15) is 4.98 Å². The lowest BCUT2D eigenvalue weighted by Gasteiger charge is -2.25. The third-order valence-corrected chi connectivity index (χ3v) is 5.40. The van der Waals surface area contributed by atoms with E-state index >= 15 is 0 Å². The number of nitrogens with one attached hydrogen (secondary N) is 1. The van der Waals surface area contributed by atoms with Crippen LogP contribution in [0.3, 0.4) is 0 Å². The van der Waals surface area contributed by atoms with Crippen LogP contribution in [0.25, 0.3) is 5.57 Å². The smallest absolute Gasteiger partial charge is 0.227 e. The quantitative estimate of drug-likeness (QED) is 0.579. The molecule has 0 saturated carbocycles. The van der Waals surface area contributed by atoms with Gasteiger partial charge in [0, 0.05) is 56.4 Å². The molecule has 0 fully saturated rings. The number of hydrogen-bond donors (Lipinski definition) is 1. The molecule has 1 N–H and O–H groups in total. The second-order valence-electron chi connectivity index (χ2n) is 7.49. The maximum absolute atomic E-state index is 12.1. The van der Waals surface area contributed by atoms with E-state index in [4.69, 9.17) is 16.1 Å². The van der Waals surface area contributed by atoms with Crippen molar-refractivity contribution >= 4 is 23.1 Å². The Balaban J connectivity index is 1.23. The first-order chi connectivity index (χ1) is 15.2. The minimum absolute atomic E-state index is 0.0571. The predicted octanol–water partition coefficient (Wildman–Crippen LogP) is 3.66. The number of pyridine rings is 1. The summed E-state index contributed by atoms with van der Waals surface area (Å²) in [5.74, 6) is 1.05. The van der Waals surface area contributed by atoms with Crippen LogP contribution in [0.4, 0.5) is 0 Å². The molecule has 31 heavy (non-hydrogen) atoms. The number of aryl methyl sites for hydroxylation is 1. The Hall–Kier alpha value is -3.03. The number of carbonyl (C=O) groups excluding carboxylic acids is 1. The first-order valence-electron chi connectivity index (χ1n) is 10.3. The highest BCUT2D eigenvalue weighted by Gasteiger charge is 2.18. The van der Waals surface area contributed by atoms with E-state index in [0.717, 1.165) is 42.2 Å². The first-order valence-corrected chi connectivity index (χ1v) is 10.7. The molecule has 0 saturated heterocycles. The third-order valence-electron chi connectivity index (χ3n) is 5.15. The van der Waals surface area contributed by atoms with Crippen molar-refractivity contribution in [2.75, 3.05) is 13.1 Å². The Morgan fingerprint density at radius 2 is 2.06 bits per heavy atom. The minimum atomic E-state index is -0.0571.